The van der Waals surface area contributed by atoms with Gasteiger partial charge in [-0.25, -0.2) is 9.97 Å². The van der Waals surface area contributed by atoms with Crippen LogP contribution >= 0.6 is 22.9 Å². The van der Waals surface area contributed by atoms with Crippen molar-refractivity contribution in [1.29, 1.82) is 0 Å². The standard InChI is InChI=1S/C16H19ClN4OS/c1-11-4-6-21(7-5-11)15(22)8-13-10-23-16(19-13)20-14-3-2-12(17)9-18-14/h2-3,9-11H,4-8H2,1H3,(H,18,19,20). The number of piperidine rings is 1. The number of thiazole rings is 1. The molecule has 1 amide bonds. The van der Waals surface area contributed by atoms with Crippen molar-refractivity contribution in [2.75, 3.05) is 18.4 Å². The van der Waals surface area contributed by atoms with Crippen LogP contribution in [0.2, 0.25) is 5.02 Å². The summed E-state index contributed by atoms with van der Waals surface area (Å²) in [6.45, 7) is 3.97. The molecule has 5 nitrogen and oxygen atoms in total. The topological polar surface area (TPSA) is 58.1 Å². The molecule has 1 aliphatic rings. The zero-order valence-corrected chi connectivity index (χ0v) is 14.5. The summed E-state index contributed by atoms with van der Waals surface area (Å²) in [6.07, 6.45) is 4.13. The molecule has 0 bridgehead atoms. The molecule has 0 radical (unpaired) electrons. The van der Waals surface area contributed by atoms with Crippen molar-refractivity contribution in [3.63, 3.8) is 0 Å². The van der Waals surface area contributed by atoms with E-state index in [1.54, 1.807) is 18.3 Å². The fourth-order valence-electron chi connectivity index (χ4n) is 2.53. The van der Waals surface area contributed by atoms with Crippen LogP contribution in [-0.2, 0) is 11.2 Å². The minimum absolute atomic E-state index is 0.165. The number of nitrogens with zero attached hydrogens (tertiary/aromatic N) is 3. The van der Waals surface area contributed by atoms with Crippen LogP contribution in [0.25, 0.3) is 0 Å². The van der Waals surface area contributed by atoms with Crippen molar-refractivity contribution in [2.24, 2.45) is 5.92 Å². The average Bonchev–Trinajstić information content (AvgIpc) is 2.97. The summed E-state index contributed by atoms with van der Waals surface area (Å²) in [4.78, 5) is 22.9. The van der Waals surface area contributed by atoms with E-state index in [4.69, 9.17) is 11.6 Å². The Labute approximate surface area is 144 Å². The molecular formula is C16H19ClN4OS. The zero-order chi connectivity index (χ0) is 16.2. The minimum atomic E-state index is 0.165. The van der Waals surface area contributed by atoms with E-state index in [9.17, 15) is 4.79 Å². The molecule has 23 heavy (non-hydrogen) atoms. The molecule has 3 heterocycles. The predicted molar refractivity (Wildman–Crippen MR) is 93.3 cm³/mol. The molecule has 0 aromatic carbocycles. The van der Waals surface area contributed by atoms with E-state index < -0.39 is 0 Å². The van der Waals surface area contributed by atoms with Crippen molar-refractivity contribution in [3.05, 3.63) is 34.4 Å². The Balaban J connectivity index is 1.56. The van der Waals surface area contributed by atoms with Crippen LogP contribution in [0.5, 0.6) is 0 Å². The fraction of sp³-hybridized carbons (Fsp3) is 0.438. The fourth-order valence-corrected chi connectivity index (χ4v) is 3.36. The molecule has 1 aliphatic heterocycles. The lowest BCUT2D eigenvalue weighted by Crippen LogP contribution is -2.38. The number of nitrogens with one attached hydrogen (secondary N) is 1. The molecule has 2 aromatic heterocycles. The molecule has 1 saturated heterocycles. The van der Waals surface area contributed by atoms with Crippen molar-refractivity contribution < 1.29 is 4.79 Å². The van der Waals surface area contributed by atoms with Gasteiger partial charge in [-0.3, -0.25) is 4.79 Å². The van der Waals surface area contributed by atoms with Crippen LogP contribution in [0, 0.1) is 5.92 Å². The molecule has 0 aliphatic carbocycles. The van der Waals surface area contributed by atoms with Crippen molar-refractivity contribution >= 4 is 39.8 Å². The van der Waals surface area contributed by atoms with E-state index in [1.165, 1.54) is 11.3 Å². The number of halogens is 1. The van der Waals surface area contributed by atoms with E-state index in [1.807, 2.05) is 10.3 Å². The molecular weight excluding hydrogens is 332 g/mol. The van der Waals surface area contributed by atoms with E-state index in [0.29, 0.717) is 17.3 Å². The van der Waals surface area contributed by atoms with E-state index in [-0.39, 0.29) is 5.91 Å². The summed E-state index contributed by atoms with van der Waals surface area (Å²) in [7, 11) is 0. The Morgan fingerprint density at radius 2 is 2.22 bits per heavy atom. The Morgan fingerprint density at radius 3 is 2.91 bits per heavy atom. The Kier molecular flexibility index (Phi) is 5.13. The number of anilines is 2. The lowest BCUT2D eigenvalue weighted by Gasteiger charge is -2.30. The number of hydrogen-bond donors (Lipinski definition) is 1. The van der Waals surface area contributed by atoms with Gasteiger partial charge in [-0.2, -0.15) is 0 Å². The molecule has 3 rings (SSSR count). The van der Waals surface area contributed by atoms with Gasteiger partial charge in [0.05, 0.1) is 17.1 Å². The monoisotopic (exact) mass is 350 g/mol. The normalized spacial score (nSPS) is 15.7. The van der Waals surface area contributed by atoms with Gasteiger partial charge in [0.15, 0.2) is 5.13 Å². The largest absolute Gasteiger partial charge is 0.342 e. The van der Waals surface area contributed by atoms with Gasteiger partial charge in [-0.05, 0) is 30.9 Å². The molecule has 0 unspecified atom stereocenters. The molecule has 2 aromatic rings. The number of pyridine rings is 1. The first-order chi connectivity index (χ1) is 11.1. The quantitative estimate of drug-likeness (QED) is 0.912. The van der Waals surface area contributed by atoms with E-state index in [0.717, 1.165) is 42.7 Å². The molecule has 1 N–H and O–H groups in total. The van der Waals surface area contributed by atoms with Crippen LogP contribution in [-0.4, -0.2) is 33.9 Å². The summed E-state index contributed by atoms with van der Waals surface area (Å²) in [5.41, 5.74) is 0.801. The van der Waals surface area contributed by atoms with E-state index >= 15 is 0 Å². The summed E-state index contributed by atoms with van der Waals surface area (Å²) < 4.78 is 0. The lowest BCUT2D eigenvalue weighted by molar-refractivity contribution is -0.131. The first-order valence-electron chi connectivity index (χ1n) is 7.71. The van der Waals surface area contributed by atoms with Gasteiger partial charge in [0, 0.05) is 24.7 Å². The number of likely N-dealkylation sites (tertiary alicyclic amines) is 1. The van der Waals surface area contributed by atoms with Gasteiger partial charge in [0.1, 0.15) is 5.82 Å². The van der Waals surface area contributed by atoms with Crippen molar-refractivity contribution in [2.45, 2.75) is 26.2 Å². The maximum absolute atomic E-state index is 12.3. The maximum atomic E-state index is 12.3. The smallest absolute Gasteiger partial charge is 0.228 e. The summed E-state index contributed by atoms with van der Waals surface area (Å²) >= 11 is 7.29. The Bertz CT molecular complexity index is 665. The maximum Gasteiger partial charge on any atom is 0.228 e. The van der Waals surface area contributed by atoms with Gasteiger partial charge in [-0.1, -0.05) is 18.5 Å². The van der Waals surface area contributed by atoms with Crippen molar-refractivity contribution in [3.8, 4) is 0 Å². The third-order valence-electron chi connectivity index (χ3n) is 3.98. The van der Waals surface area contributed by atoms with Crippen LogP contribution in [0.1, 0.15) is 25.5 Å². The SMILES string of the molecule is CC1CCN(C(=O)Cc2csc(Nc3ccc(Cl)cn3)n2)CC1. The molecule has 7 heteroatoms. The average molecular weight is 351 g/mol. The van der Waals surface area contributed by atoms with Gasteiger partial charge in [0.2, 0.25) is 5.91 Å². The molecule has 0 spiro atoms. The van der Waals surface area contributed by atoms with Crippen LogP contribution in [0.4, 0.5) is 10.9 Å². The first kappa shape index (κ1) is 16.2. The van der Waals surface area contributed by atoms with Crippen LogP contribution < -0.4 is 5.32 Å². The number of aromatic nitrogens is 2. The van der Waals surface area contributed by atoms with Gasteiger partial charge >= 0.3 is 0 Å². The minimum Gasteiger partial charge on any atom is -0.342 e. The number of rotatable bonds is 4. The lowest BCUT2D eigenvalue weighted by atomic mass is 9.99. The number of carbonyl (C=O) groups is 1. The summed E-state index contributed by atoms with van der Waals surface area (Å²) in [5.74, 6) is 1.58. The van der Waals surface area contributed by atoms with Crippen LogP contribution in [0.15, 0.2) is 23.7 Å². The van der Waals surface area contributed by atoms with Gasteiger partial charge in [0.25, 0.3) is 0 Å². The predicted octanol–water partition coefficient (Wildman–Crippen LogP) is 3.74. The summed E-state index contributed by atoms with van der Waals surface area (Å²) in [6, 6.07) is 3.57. The Morgan fingerprint density at radius 1 is 1.43 bits per heavy atom. The second kappa shape index (κ2) is 7.27. The number of carbonyl (C=O) groups excluding carboxylic acids is 1. The third-order valence-corrected chi connectivity index (χ3v) is 5.01. The second-order valence-electron chi connectivity index (χ2n) is 5.87. The highest BCUT2D eigenvalue weighted by Crippen LogP contribution is 2.22. The number of amides is 1. The molecule has 122 valence electrons. The molecule has 0 saturated carbocycles. The summed E-state index contributed by atoms with van der Waals surface area (Å²) in [5, 5.41) is 6.37. The van der Waals surface area contributed by atoms with Crippen molar-refractivity contribution in [1.82, 2.24) is 14.9 Å². The van der Waals surface area contributed by atoms with E-state index in [2.05, 4.69) is 22.2 Å². The van der Waals surface area contributed by atoms with Crippen LogP contribution in [0.3, 0.4) is 0 Å². The Hall–Kier alpha value is -1.66. The molecule has 1 fully saturated rings. The number of hydrogen-bond acceptors (Lipinski definition) is 5. The highest BCUT2D eigenvalue weighted by molar-refractivity contribution is 7.13. The zero-order valence-electron chi connectivity index (χ0n) is 13.0. The van der Waals surface area contributed by atoms with Gasteiger partial charge < -0.3 is 10.2 Å². The highest BCUT2D eigenvalue weighted by atomic mass is 35.5. The third kappa shape index (κ3) is 4.42. The second-order valence-corrected chi connectivity index (χ2v) is 7.17. The highest BCUT2D eigenvalue weighted by Gasteiger charge is 2.21. The first-order valence-corrected chi connectivity index (χ1v) is 8.96. The molecule has 0 atom stereocenters. The van der Waals surface area contributed by atoms with Gasteiger partial charge in [-0.15, -0.1) is 11.3 Å².